The molecule has 1 aromatic carbocycles. The summed E-state index contributed by atoms with van der Waals surface area (Å²) in [5.41, 5.74) is 3.56. The number of benzene rings is 1. The van der Waals surface area contributed by atoms with Crippen molar-refractivity contribution in [2.24, 2.45) is 0 Å². The van der Waals surface area contributed by atoms with Crippen LogP contribution in [0.1, 0.15) is 51.3 Å². The van der Waals surface area contributed by atoms with Gasteiger partial charge in [-0.25, -0.2) is 0 Å². The fraction of sp³-hybridized carbons (Fsp3) is 0.647. The van der Waals surface area contributed by atoms with Crippen molar-refractivity contribution in [1.29, 1.82) is 0 Å². The number of aryl methyl sites for hydroxylation is 1. The molecule has 0 radical (unpaired) electrons. The molecule has 0 saturated carbocycles. The fourth-order valence-electron chi connectivity index (χ4n) is 2.32. The molecular formula is C17H29NO. The van der Waals surface area contributed by atoms with Crippen LogP contribution in [-0.4, -0.2) is 29.2 Å². The predicted octanol–water partition coefficient (Wildman–Crippen LogP) is 3.50. The van der Waals surface area contributed by atoms with E-state index in [1.54, 1.807) is 0 Å². The van der Waals surface area contributed by atoms with E-state index in [0.717, 1.165) is 6.54 Å². The number of nitrogens with zero attached hydrogens (tertiary/aromatic N) is 1. The zero-order chi connectivity index (χ0) is 14.8. The van der Waals surface area contributed by atoms with Gasteiger partial charge in [0.1, 0.15) is 0 Å². The van der Waals surface area contributed by atoms with E-state index in [0.29, 0.717) is 6.54 Å². The van der Waals surface area contributed by atoms with E-state index < -0.39 is 5.60 Å². The van der Waals surface area contributed by atoms with Gasteiger partial charge in [0.15, 0.2) is 0 Å². The minimum absolute atomic E-state index is 0.178. The first-order valence-corrected chi connectivity index (χ1v) is 7.00. The monoisotopic (exact) mass is 263 g/mol. The number of hydrogen-bond donors (Lipinski definition) is 1. The molecule has 0 aromatic heterocycles. The topological polar surface area (TPSA) is 23.5 Å². The molecule has 1 N–H and O–H groups in total. The summed E-state index contributed by atoms with van der Waals surface area (Å²) in [6, 6.07) is 6.72. The van der Waals surface area contributed by atoms with Gasteiger partial charge in [-0.1, -0.05) is 39.0 Å². The Balaban J connectivity index is 2.89. The molecule has 0 bridgehead atoms. The molecular weight excluding hydrogens is 234 g/mol. The molecule has 0 amide bonds. The second-order valence-electron chi connectivity index (χ2n) is 7.38. The van der Waals surface area contributed by atoms with Gasteiger partial charge in [0.2, 0.25) is 0 Å². The minimum Gasteiger partial charge on any atom is -0.389 e. The molecule has 1 rings (SSSR count). The average Bonchev–Trinajstić information content (AvgIpc) is 2.16. The first-order valence-electron chi connectivity index (χ1n) is 7.00. The molecule has 108 valence electrons. The Morgan fingerprint density at radius 2 is 1.68 bits per heavy atom. The molecule has 2 nitrogen and oxygen atoms in total. The molecule has 2 heteroatoms. The molecule has 0 heterocycles. The van der Waals surface area contributed by atoms with Crippen molar-refractivity contribution in [2.45, 2.75) is 59.1 Å². The summed E-state index contributed by atoms with van der Waals surface area (Å²) < 4.78 is 0. The van der Waals surface area contributed by atoms with Gasteiger partial charge in [-0.05, 0) is 49.9 Å². The molecule has 0 unspecified atom stereocenters. The summed E-state index contributed by atoms with van der Waals surface area (Å²) >= 11 is 0. The second kappa shape index (κ2) is 5.64. The highest BCUT2D eigenvalue weighted by molar-refractivity contribution is 5.34. The largest absolute Gasteiger partial charge is 0.389 e. The molecule has 0 aliphatic heterocycles. The number of likely N-dealkylation sites (N-methyl/N-ethyl adjacent to an activating group) is 1. The smallest absolute Gasteiger partial charge is 0.0718 e. The van der Waals surface area contributed by atoms with Crippen LogP contribution < -0.4 is 0 Å². The minimum atomic E-state index is -0.649. The van der Waals surface area contributed by atoms with Crippen LogP contribution in [0.3, 0.4) is 0 Å². The van der Waals surface area contributed by atoms with Crippen LogP contribution >= 0.6 is 0 Å². The van der Waals surface area contributed by atoms with Crippen LogP contribution in [0.4, 0.5) is 0 Å². The third-order valence-electron chi connectivity index (χ3n) is 3.31. The quantitative estimate of drug-likeness (QED) is 0.899. The van der Waals surface area contributed by atoms with Gasteiger partial charge in [0.05, 0.1) is 5.60 Å². The summed E-state index contributed by atoms with van der Waals surface area (Å²) in [5.74, 6) is 0. The van der Waals surface area contributed by atoms with Gasteiger partial charge in [0.25, 0.3) is 0 Å². The van der Waals surface area contributed by atoms with Crippen molar-refractivity contribution in [1.82, 2.24) is 4.90 Å². The maximum atomic E-state index is 9.88. The fourth-order valence-corrected chi connectivity index (χ4v) is 2.32. The third kappa shape index (κ3) is 5.33. The highest BCUT2D eigenvalue weighted by Crippen LogP contribution is 2.25. The lowest BCUT2D eigenvalue weighted by molar-refractivity contribution is 0.0424. The number of rotatable bonds is 4. The predicted molar refractivity (Wildman–Crippen MR) is 82.5 cm³/mol. The zero-order valence-electron chi connectivity index (χ0n) is 13.5. The normalized spacial score (nSPS) is 13.1. The third-order valence-corrected chi connectivity index (χ3v) is 3.31. The second-order valence-corrected chi connectivity index (χ2v) is 7.38. The van der Waals surface area contributed by atoms with Gasteiger partial charge >= 0.3 is 0 Å². The maximum absolute atomic E-state index is 9.88. The van der Waals surface area contributed by atoms with Gasteiger partial charge in [-0.3, -0.25) is 4.90 Å². The lowest BCUT2D eigenvalue weighted by atomic mass is 9.85. The van der Waals surface area contributed by atoms with Gasteiger partial charge in [0, 0.05) is 13.1 Å². The van der Waals surface area contributed by atoms with Crippen molar-refractivity contribution < 1.29 is 5.11 Å². The molecule has 0 saturated heterocycles. The molecule has 0 fully saturated rings. The summed E-state index contributed by atoms with van der Waals surface area (Å²) in [5, 5.41) is 9.88. The summed E-state index contributed by atoms with van der Waals surface area (Å²) in [4.78, 5) is 2.18. The zero-order valence-corrected chi connectivity index (χ0v) is 13.5. The first kappa shape index (κ1) is 16.2. The Morgan fingerprint density at radius 1 is 1.11 bits per heavy atom. The molecule has 0 aliphatic carbocycles. The van der Waals surface area contributed by atoms with E-state index in [1.807, 2.05) is 13.8 Å². The Hall–Kier alpha value is -0.860. The average molecular weight is 263 g/mol. The number of hydrogen-bond acceptors (Lipinski definition) is 2. The summed E-state index contributed by atoms with van der Waals surface area (Å²) in [6.07, 6.45) is 0. The SMILES string of the molecule is Cc1ccc(C(C)(C)C)cc1CN(C)CC(C)(C)O. The maximum Gasteiger partial charge on any atom is 0.0718 e. The van der Waals surface area contributed by atoms with Gasteiger partial charge < -0.3 is 5.11 Å². The molecule has 1 aromatic rings. The first-order chi connectivity index (χ1) is 8.49. The Bertz CT molecular complexity index is 424. The molecule has 19 heavy (non-hydrogen) atoms. The van der Waals surface area contributed by atoms with Gasteiger partial charge in [-0.15, -0.1) is 0 Å². The summed E-state index contributed by atoms with van der Waals surface area (Å²) in [6.45, 7) is 14.1. The highest BCUT2D eigenvalue weighted by Gasteiger charge is 2.18. The van der Waals surface area contributed by atoms with E-state index >= 15 is 0 Å². The van der Waals surface area contributed by atoms with Crippen molar-refractivity contribution in [3.63, 3.8) is 0 Å². The molecule has 0 atom stereocenters. The Labute approximate surface area is 118 Å². The van der Waals surface area contributed by atoms with E-state index in [9.17, 15) is 5.11 Å². The van der Waals surface area contributed by atoms with Crippen LogP contribution in [0.15, 0.2) is 18.2 Å². The summed E-state index contributed by atoms with van der Waals surface area (Å²) in [7, 11) is 2.06. The van der Waals surface area contributed by atoms with E-state index in [-0.39, 0.29) is 5.41 Å². The van der Waals surface area contributed by atoms with E-state index in [1.165, 1.54) is 16.7 Å². The van der Waals surface area contributed by atoms with Crippen molar-refractivity contribution in [2.75, 3.05) is 13.6 Å². The van der Waals surface area contributed by atoms with Crippen LogP contribution in [0.25, 0.3) is 0 Å². The van der Waals surface area contributed by atoms with Gasteiger partial charge in [-0.2, -0.15) is 0 Å². The van der Waals surface area contributed by atoms with Crippen LogP contribution in [0.5, 0.6) is 0 Å². The van der Waals surface area contributed by atoms with Crippen molar-refractivity contribution in [3.05, 3.63) is 34.9 Å². The van der Waals surface area contributed by atoms with E-state index in [2.05, 4.69) is 57.8 Å². The van der Waals surface area contributed by atoms with Crippen molar-refractivity contribution in [3.8, 4) is 0 Å². The number of aliphatic hydroxyl groups is 1. The Morgan fingerprint density at radius 3 is 2.16 bits per heavy atom. The van der Waals surface area contributed by atoms with Crippen LogP contribution in [0.2, 0.25) is 0 Å². The van der Waals surface area contributed by atoms with Crippen molar-refractivity contribution >= 4 is 0 Å². The lowest BCUT2D eigenvalue weighted by Crippen LogP contribution is -2.36. The molecule has 0 aliphatic rings. The lowest BCUT2D eigenvalue weighted by Gasteiger charge is -2.27. The standard InChI is InChI=1S/C17H29NO/c1-13-8-9-15(16(2,3)4)10-14(13)11-18(7)12-17(5,6)19/h8-10,19H,11-12H2,1-7H3. The highest BCUT2D eigenvalue weighted by atomic mass is 16.3. The Kier molecular flexibility index (Phi) is 4.81. The van der Waals surface area contributed by atoms with Crippen LogP contribution in [-0.2, 0) is 12.0 Å². The molecule has 0 spiro atoms. The van der Waals surface area contributed by atoms with E-state index in [4.69, 9.17) is 0 Å². The van der Waals surface area contributed by atoms with Crippen LogP contribution in [0, 0.1) is 6.92 Å².